The van der Waals surface area contributed by atoms with Crippen LogP contribution < -0.4 is 11.1 Å². The summed E-state index contributed by atoms with van der Waals surface area (Å²) >= 11 is 0. The summed E-state index contributed by atoms with van der Waals surface area (Å²) in [5.74, 6) is 2.54. The van der Waals surface area contributed by atoms with E-state index in [-0.39, 0.29) is 42.2 Å². The topological polar surface area (TPSA) is 75.4 Å². The molecule has 24 heavy (non-hydrogen) atoms. The Hall–Kier alpha value is -0.810. The minimum Gasteiger partial charge on any atom is -0.347 e. The predicted molar refractivity (Wildman–Crippen MR) is 96.8 cm³/mol. The third-order valence-electron chi connectivity index (χ3n) is 6.53. The molecule has 138 valence electrons. The maximum Gasteiger partial charge on any atom is 0.241 e. The van der Waals surface area contributed by atoms with E-state index in [0.717, 1.165) is 17.8 Å². The molecule has 4 aliphatic carbocycles. The number of carbonyl (C=O) groups excluding carboxylic acids is 2. The Morgan fingerprint density at radius 3 is 2.12 bits per heavy atom. The third-order valence-corrected chi connectivity index (χ3v) is 6.53. The molecular weight excluding hydrogens is 326 g/mol. The number of likely N-dealkylation sites (N-methyl/N-ethyl adjacent to an activating group) is 1. The summed E-state index contributed by atoms with van der Waals surface area (Å²) in [7, 11) is 1.74. The van der Waals surface area contributed by atoms with E-state index in [2.05, 4.69) is 5.32 Å². The molecule has 4 fully saturated rings. The summed E-state index contributed by atoms with van der Waals surface area (Å²) in [5, 5.41) is 2.85. The van der Waals surface area contributed by atoms with Gasteiger partial charge >= 0.3 is 0 Å². The van der Waals surface area contributed by atoms with Gasteiger partial charge in [0.25, 0.3) is 0 Å². The van der Waals surface area contributed by atoms with E-state index in [4.69, 9.17) is 5.73 Å². The van der Waals surface area contributed by atoms with E-state index >= 15 is 0 Å². The average Bonchev–Trinajstić information content (AvgIpc) is 2.49. The van der Waals surface area contributed by atoms with E-state index in [1.165, 1.54) is 38.5 Å². The molecule has 0 saturated heterocycles. The summed E-state index contributed by atoms with van der Waals surface area (Å²) in [6, 6.07) is 0.00237. The molecule has 3 N–H and O–H groups in total. The highest BCUT2D eigenvalue weighted by Gasteiger charge is 2.51. The van der Waals surface area contributed by atoms with Crippen LogP contribution in [0.4, 0.5) is 0 Å². The number of halogens is 1. The summed E-state index contributed by atoms with van der Waals surface area (Å²) in [4.78, 5) is 26.1. The normalized spacial score (nSPS) is 34.4. The number of nitrogens with zero attached hydrogens (tertiary/aromatic N) is 1. The molecule has 4 saturated carbocycles. The van der Waals surface area contributed by atoms with Crippen LogP contribution in [0.15, 0.2) is 0 Å². The van der Waals surface area contributed by atoms with Crippen molar-refractivity contribution in [2.45, 2.75) is 57.9 Å². The fraction of sp³-hybridized carbons (Fsp3) is 0.889. The average molecular weight is 358 g/mol. The van der Waals surface area contributed by atoms with Crippen molar-refractivity contribution in [3.8, 4) is 0 Å². The monoisotopic (exact) mass is 357 g/mol. The van der Waals surface area contributed by atoms with Crippen molar-refractivity contribution in [3.05, 3.63) is 0 Å². The molecule has 1 unspecified atom stereocenters. The van der Waals surface area contributed by atoms with Gasteiger partial charge in [-0.1, -0.05) is 0 Å². The maximum absolute atomic E-state index is 12.4. The Balaban J connectivity index is 0.00000208. The van der Waals surface area contributed by atoms with Crippen LogP contribution in [0.1, 0.15) is 51.9 Å². The van der Waals surface area contributed by atoms with Crippen LogP contribution in [-0.2, 0) is 9.59 Å². The molecule has 4 rings (SSSR count). The van der Waals surface area contributed by atoms with Gasteiger partial charge in [0.1, 0.15) is 0 Å². The second kappa shape index (κ2) is 7.61. The van der Waals surface area contributed by atoms with Crippen LogP contribution in [0, 0.1) is 23.2 Å². The van der Waals surface area contributed by atoms with E-state index < -0.39 is 0 Å². The first-order chi connectivity index (χ1) is 10.9. The van der Waals surface area contributed by atoms with Crippen LogP contribution in [-0.4, -0.2) is 42.9 Å². The first kappa shape index (κ1) is 19.5. The maximum atomic E-state index is 12.4. The zero-order valence-corrected chi connectivity index (χ0v) is 15.7. The molecule has 0 aromatic heterocycles. The molecule has 5 nitrogen and oxygen atoms in total. The van der Waals surface area contributed by atoms with Crippen molar-refractivity contribution >= 4 is 24.2 Å². The van der Waals surface area contributed by atoms with Crippen LogP contribution in [0.5, 0.6) is 0 Å². The highest BCUT2D eigenvalue weighted by molar-refractivity contribution is 5.85. The summed E-state index contributed by atoms with van der Waals surface area (Å²) < 4.78 is 0. The zero-order valence-electron chi connectivity index (χ0n) is 14.9. The third kappa shape index (κ3) is 4.05. The number of rotatable bonds is 6. The molecule has 0 spiro atoms. The van der Waals surface area contributed by atoms with Crippen molar-refractivity contribution in [2.24, 2.45) is 28.9 Å². The van der Waals surface area contributed by atoms with E-state index in [0.29, 0.717) is 13.0 Å². The number of hydrogen-bond acceptors (Lipinski definition) is 3. The fourth-order valence-corrected chi connectivity index (χ4v) is 5.61. The second-order valence-electron chi connectivity index (χ2n) is 8.46. The molecule has 0 aliphatic heterocycles. The summed E-state index contributed by atoms with van der Waals surface area (Å²) in [5.41, 5.74) is 5.82. The number of hydrogen-bond donors (Lipinski definition) is 2. The van der Waals surface area contributed by atoms with Gasteiger partial charge < -0.3 is 16.0 Å². The lowest BCUT2D eigenvalue weighted by Crippen LogP contribution is -2.49. The number of nitrogens with one attached hydrogen (secondary N) is 1. The van der Waals surface area contributed by atoms with Crippen molar-refractivity contribution in [1.82, 2.24) is 10.2 Å². The van der Waals surface area contributed by atoms with Gasteiger partial charge in [-0.15, -0.1) is 12.4 Å². The van der Waals surface area contributed by atoms with Gasteiger partial charge in [0.2, 0.25) is 11.8 Å². The fourth-order valence-electron chi connectivity index (χ4n) is 5.61. The second-order valence-corrected chi connectivity index (χ2v) is 8.46. The summed E-state index contributed by atoms with van der Waals surface area (Å²) in [6.45, 7) is 2.44. The largest absolute Gasteiger partial charge is 0.347 e. The first-order valence-electron chi connectivity index (χ1n) is 9.13. The van der Waals surface area contributed by atoms with Gasteiger partial charge in [0.05, 0.1) is 6.54 Å². The lowest BCUT2D eigenvalue weighted by atomic mass is 9.49. The van der Waals surface area contributed by atoms with Crippen molar-refractivity contribution in [2.75, 3.05) is 20.1 Å². The molecule has 0 aromatic rings. The van der Waals surface area contributed by atoms with E-state index in [9.17, 15) is 9.59 Å². The molecule has 4 bridgehead atoms. The number of amides is 2. The minimum absolute atomic E-state index is 0. The van der Waals surface area contributed by atoms with E-state index in [1.54, 1.807) is 11.9 Å². The summed E-state index contributed by atoms with van der Waals surface area (Å²) in [6.07, 6.45) is 8.46. The van der Waals surface area contributed by atoms with Gasteiger partial charge in [-0.25, -0.2) is 0 Å². The molecule has 0 aromatic carbocycles. The number of carbonyl (C=O) groups is 2. The quantitative estimate of drug-likeness (QED) is 0.762. The Morgan fingerprint density at radius 1 is 1.17 bits per heavy atom. The van der Waals surface area contributed by atoms with Crippen molar-refractivity contribution < 1.29 is 9.59 Å². The Kier molecular flexibility index (Phi) is 6.19. The Morgan fingerprint density at radius 2 is 1.67 bits per heavy atom. The minimum atomic E-state index is -0.0678. The standard InChI is InChI=1S/C18H31N3O2.ClH/c1-12(10-19)21(2)17(23)11-20-16(22)9-18-6-13-3-14(7-18)5-15(4-13)8-18;/h12-15H,3-11,19H2,1-2H3,(H,20,22);1H. The van der Waals surface area contributed by atoms with Crippen LogP contribution in [0.25, 0.3) is 0 Å². The highest BCUT2D eigenvalue weighted by Crippen LogP contribution is 2.61. The lowest BCUT2D eigenvalue weighted by Gasteiger charge is -2.56. The predicted octanol–water partition coefficient (Wildman–Crippen LogP) is 1.94. The van der Waals surface area contributed by atoms with Gasteiger partial charge in [0, 0.05) is 26.1 Å². The van der Waals surface area contributed by atoms with Crippen LogP contribution in [0.2, 0.25) is 0 Å². The van der Waals surface area contributed by atoms with Crippen molar-refractivity contribution in [3.63, 3.8) is 0 Å². The first-order valence-corrected chi connectivity index (χ1v) is 9.13. The Labute approximate surface area is 151 Å². The molecule has 6 heteroatoms. The van der Waals surface area contributed by atoms with Gasteiger partial charge in [-0.05, 0) is 68.6 Å². The number of nitrogens with two attached hydrogens (primary N) is 1. The molecule has 2 amide bonds. The van der Waals surface area contributed by atoms with Crippen LogP contribution in [0.3, 0.4) is 0 Å². The molecular formula is C18H32ClN3O2. The molecule has 4 aliphatic rings. The smallest absolute Gasteiger partial charge is 0.241 e. The highest BCUT2D eigenvalue weighted by atomic mass is 35.5. The van der Waals surface area contributed by atoms with Gasteiger partial charge in [-0.3, -0.25) is 9.59 Å². The van der Waals surface area contributed by atoms with Crippen molar-refractivity contribution in [1.29, 1.82) is 0 Å². The SMILES string of the molecule is CC(CN)N(C)C(=O)CNC(=O)CC12CC3CC(CC(C3)C1)C2.Cl. The Bertz CT molecular complexity index is 448. The molecule has 0 radical (unpaired) electrons. The van der Waals surface area contributed by atoms with E-state index in [1.807, 2.05) is 6.92 Å². The van der Waals surface area contributed by atoms with Gasteiger partial charge in [0.15, 0.2) is 0 Å². The zero-order chi connectivity index (χ0) is 16.6. The van der Waals surface area contributed by atoms with Gasteiger partial charge in [-0.2, -0.15) is 0 Å². The molecule has 0 heterocycles. The molecule has 1 atom stereocenters. The van der Waals surface area contributed by atoms with Crippen LogP contribution >= 0.6 is 12.4 Å². The lowest BCUT2D eigenvalue weighted by molar-refractivity contribution is -0.135.